The van der Waals surface area contributed by atoms with Gasteiger partial charge in [-0.05, 0) is 18.8 Å². The molecule has 0 unspecified atom stereocenters. The summed E-state index contributed by atoms with van der Waals surface area (Å²) in [7, 11) is 0. The van der Waals surface area contributed by atoms with Crippen LogP contribution in [0.25, 0.3) is 0 Å². The van der Waals surface area contributed by atoms with E-state index in [1.54, 1.807) is 0 Å². The molecule has 1 fully saturated rings. The second kappa shape index (κ2) is 5.50. The summed E-state index contributed by atoms with van der Waals surface area (Å²) in [5, 5.41) is 3.19. The summed E-state index contributed by atoms with van der Waals surface area (Å²) in [6.45, 7) is 9.86. The molecule has 1 aliphatic rings. The Morgan fingerprint density at radius 1 is 1.33 bits per heavy atom. The number of hydrogen-bond acceptors (Lipinski definition) is 2. The first-order valence-electron chi connectivity index (χ1n) is 6.03. The Hall–Kier alpha value is -0.570. The molecule has 15 heavy (non-hydrogen) atoms. The van der Waals surface area contributed by atoms with Crippen molar-refractivity contribution in [2.75, 3.05) is 13.1 Å². The highest BCUT2D eigenvalue weighted by molar-refractivity contribution is 5.79. The van der Waals surface area contributed by atoms with Crippen molar-refractivity contribution in [1.29, 1.82) is 0 Å². The van der Waals surface area contributed by atoms with Crippen molar-refractivity contribution >= 4 is 5.91 Å². The minimum absolute atomic E-state index is 0.264. The number of rotatable bonds is 6. The van der Waals surface area contributed by atoms with E-state index in [4.69, 9.17) is 0 Å². The Kier molecular flexibility index (Phi) is 4.58. The van der Waals surface area contributed by atoms with Crippen LogP contribution in [0.1, 0.15) is 40.5 Å². The van der Waals surface area contributed by atoms with E-state index in [0.717, 1.165) is 6.54 Å². The molecule has 88 valence electrons. The average Bonchev–Trinajstić information content (AvgIpc) is 2.93. The molecule has 1 saturated carbocycles. The van der Waals surface area contributed by atoms with Crippen LogP contribution in [0.2, 0.25) is 0 Å². The smallest absolute Gasteiger partial charge is 0.236 e. The lowest BCUT2D eigenvalue weighted by molar-refractivity contribution is -0.131. The number of carbonyl (C=O) groups is 1. The maximum Gasteiger partial charge on any atom is 0.236 e. The molecule has 0 aliphatic heterocycles. The molecule has 0 radical (unpaired) electrons. The first-order valence-corrected chi connectivity index (χ1v) is 6.03. The molecule has 0 spiro atoms. The summed E-state index contributed by atoms with van der Waals surface area (Å²) in [4.78, 5) is 14.0. The molecular weight excluding hydrogens is 188 g/mol. The number of nitrogens with zero attached hydrogens (tertiary/aromatic N) is 1. The van der Waals surface area contributed by atoms with Crippen molar-refractivity contribution < 1.29 is 4.79 Å². The zero-order chi connectivity index (χ0) is 11.4. The van der Waals surface area contributed by atoms with Gasteiger partial charge >= 0.3 is 0 Å². The van der Waals surface area contributed by atoms with Crippen LogP contribution >= 0.6 is 0 Å². The fourth-order valence-corrected chi connectivity index (χ4v) is 1.63. The summed E-state index contributed by atoms with van der Waals surface area (Å²) >= 11 is 0. The summed E-state index contributed by atoms with van der Waals surface area (Å²) in [5.41, 5.74) is 0. The number of amides is 1. The fourth-order valence-electron chi connectivity index (χ4n) is 1.63. The van der Waals surface area contributed by atoms with Crippen molar-refractivity contribution in [2.45, 2.75) is 52.6 Å². The Morgan fingerprint density at radius 2 is 1.93 bits per heavy atom. The molecule has 0 bridgehead atoms. The Bertz CT molecular complexity index is 210. The number of carbonyl (C=O) groups excluding carboxylic acids is 1. The Morgan fingerprint density at radius 3 is 2.33 bits per heavy atom. The number of nitrogens with one attached hydrogen (secondary N) is 1. The molecule has 1 N–H and O–H groups in total. The van der Waals surface area contributed by atoms with Gasteiger partial charge in [-0.25, -0.2) is 0 Å². The first kappa shape index (κ1) is 12.5. The number of hydrogen-bond donors (Lipinski definition) is 1. The monoisotopic (exact) mass is 212 g/mol. The summed E-state index contributed by atoms with van der Waals surface area (Å²) < 4.78 is 0. The molecular formula is C12H24N2O. The highest BCUT2D eigenvalue weighted by atomic mass is 16.2. The zero-order valence-electron chi connectivity index (χ0n) is 10.4. The largest absolute Gasteiger partial charge is 0.338 e. The lowest BCUT2D eigenvalue weighted by atomic mass is 10.2. The van der Waals surface area contributed by atoms with Crippen LogP contribution in [0.15, 0.2) is 0 Å². The van der Waals surface area contributed by atoms with E-state index in [2.05, 4.69) is 37.9 Å². The molecule has 1 amide bonds. The highest BCUT2D eigenvalue weighted by Gasteiger charge is 2.32. The van der Waals surface area contributed by atoms with Gasteiger partial charge in [-0.3, -0.25) is 4.79 Å². The first-order chi connectivity index (χ1) is 7.00. The molecule has 0 atom stereocenters. The Balaban J connectivity index is 2.37. The van der Waals surface area contributed by atoms with Crippen molar-refractivity contribution in [3.8, 4) is 0 Å². The molecule has 0 aromatic rings. The van der Waals surface area contributed by atoms with E-state index in [0.29, 0.717) is 24.5 Å². The standard InChI is InChI=1S/C12H24N2O/c1-9(2)8-14(11-5-6-11)12(15)7-13-10(3)4/h9-11,13H,5-8H2,1-4H3. The predicted octanol–water partition coefficient (Wildman–Crippen LogP) is 1.63. The SMILES string of the molecule is CC(C)CN(C(=O)CNC(C)C)C1CC1. The molecule has 0 saturated heterocycles. The minimum atomic E-state index is 0.264. The van der Waals surface area contributed by atoms with Gasteiger partial charge in [0.1, 0.15) is 0 Å². The molecule has 1 aliphatic carbocycles. The van der Waals surface area contributed by atoms with Gasteiger partial charge in [0.15, 0.2) is 0 Å². The van der Waals surface area contributed by atoms with Crippen molar-refractivity contribution in [3.05, 3.63) is 0 Å². The maximum absolute atomic E-state index is 11.9. The van der Waals surface area contributed by atoms with Gasteiger partial charge in [-0.1, -0.05) is 27.7 Å². The van der Waals surface area contributed by atoms with Crippen molar-refractivity contribution in [2.24, 2.45) is 5.92 Å². The third kappa shape index (κ3) is 4.65. The molecule has 0 heterocycles. The molecule has 3 heteroatoms. The van der Waals surface area contributed by atoms with E-state index in [-0.39, 0.29) is 5.91 Å². The van der Waals surface area contributed by atoms with E-state index in [1.807, 2.05) is 0 Å². The lowest BCUT2D eigenvalue weighted by Crippen LogP contribution is -2.43. The molecule has 0 aromatic heterocycles. The van der Waals surface area contributed by atoms with Crippen LogP contribution in [-0.2, 0) is 4.79 Å². The van der Waals surface area contributed by atoms with E-state index in [1.165, 1.54) is 12.8 Å². The topological polar surface area (TPSA) is 32.3 Å². The quantitative estimate of drug-likeness (QED) is 0.726. The van der Waals surface area contributed by atoms with Crippen LogP contribution in [0.5, 0.6) is 0 Å². The van der Waals surface area contributed by atoms with Gasteiger partial charge < -0.3 is 10.2 Å². The second-order valence-corrected chi connectivity index (χ2v) is 5.21. The van der Waals surface area contributed by atoms with Gasteiger partial charge in [0, 0.05) is 18.6 Å². The Labute approximate surface area is 93.2 Å². The molecule has 0 aromatic carbocycles. The average molecular weight is 212 g/mol. The van der Waals surface area contributed by atoms with Gasteiger partial charge in [0.05, 0.1) is 6.54 Å². The van der Waals surface area contributed by atoms with E-state index in [9.17, 15) is 4.79 Å². The third-order valence-corrected chi connectivity index (χ3v) is 2.53. The fraction of sp³-hybridized carbons (Fsp3) is 0.917. The predicted molar refractivity (Wildman–Crippen MR) is 62.7 cm³/mol. The van der Waals surface area contributed by atoms with Crippen molar-refractivity contribution in [1.82, 2.24) is 10.2 Å². The van der Waals surface area contributed by atoms with E-state index < -0.39 is 0 Å². The highest BCUT2D eigenvalue weighted by Crippen LogP contribution is 2.27. The second-order valence-electron chi connectivity index (χ2n) is 5.21. The molecule has 1 rings (SSSR count). The van der Waals surface area contributed by atoms with Gasteiger partial charge in [-0.15, -0.1) is 0 Å². The summed E-state index contributed by atoms with van der Waals surface area (Å²) in [6, 6.07) is 0.919. The zero-order valence-corrected chi connectivity index (χ0v) is 10.4. The van der Waals surface area contributed by atoms with Crippen LogP contribution in [0.4, 0.5) is 0 Å². The molecule has 3 nitrogen and oxygen atoms in total. The normalized spacial score (nSPS) is 16.1. The third-order valence-electron chi connectivity index (χ3n) is 2.53. The summed E-state index contributed by atoms with van der Waals surface area (Å²) in [6.07, 6.45) is 2.39. The minimum Gasteiger partial charge on any atom is -0.338 e. The van der Waals surface area contributed by atoms with Gasteiger partial charge in [0.25, 0.3) is 0 Å². The van der Waals surface area contributed by atoms with E-state index >= 15 is 0 Å². The van der Waals surface area contributed by atoms with Crippen LogP contribution in [0, 0.1) is 5.92 Å². The van der Waals surface area contributed by atoms with Crippen LogP contribution in [-0.4, -0.2) is 36.0 Å². The summed E-state index contributed by atoms with van der Waals surface area (Å²) in [5.74, 6) is 0.827. The maximum atomic E-state index is 11.9. The van der Waals surface area contributed by atoms with Crippen molar-refractivity contribution in [3.63, 3.8) is 0 Å². The van der Waals surface area contributed by atoms with Gasteiger partial charge in [-0.2, -0.15) is 0 Å². The van der Waals surface area contributed by atoms with Crippen LogP contribution < -0.4 is 5.32 Å². The van der Waals surface area contributed by atoms with Crippen LogP contribution in [0.3, 0.4) is 0 Å². The lowest BCUT2D eigenvalue weighted by Gasteiger charge is -2.25. The van der Waals surface area contributed by atoms with Gasteiger partial charge in [0.2, 0.25) is 5.91 Å².